The van der Waals surface area contributed by atoms with Crippen LogP contribution < -0.4 is 14.8 Å². The summed E-state index contributed by atoms with van der Waals surface area (Å²) in [5, 5.41) is 7.92. The fourth-order valence-electron chi connectivity index (χ4n) is 4.65. The molecule has 1 atom stereocenters. The van der Waals surface area contributed by atoms with Gasteiger partial charge in [-0.25, -0.2) is 14.4 Å². The van der Waals surface area contributed by atoms with Gasteiger partial charge in [0.1, 0.15) is 23.7 Å². The van der Waals surface area contributed by atoms with Gasteiger partial charge in [-0.1, -0.05) is 5.16 Å². The van der Waals surface area contributed by atoms with Crippen LogP contribution in [0, 0.1) is 19.7 Å². The minimum absolute atomic E-state index is 0.00299. The maximum Gasteiger partial charge on any atom is 0.219 e. The van der Waals surface area contributed by atoms with Crippen LogP contribution in [0.3, 0.4) is 0 Å². The molecule has 5 rings (SSSR count). The Labute approximate surface area is 226 Å². The first-order chi connectivity index (χ1) is 18.6. The monoisotopic (exact) mass is 554 g/mol. The van der Waals surface area contributed by atoms with E-state index < -0.39 is 22.0 Å². The van der Waals surface area contributed by atoms with E-state index in [9.17, 15) is 13.4 Å². The molecule has 3 heterocycles. The Kier molecular flexibility index (Phi) is 7.21. The molecule has 0 saturated carbocycles. The van der Waals surface area contributed by atoms with E-state index in [-0.39, 0.29) is 11.7 Å². The summed E-state index contributed by atoms with van der Waals surface area (Å²) in [6, 6.07) is 9.74. The van der Waals surface area contributed by atoms with Crippen LogP contribution in [0.4, 0.5) is 21.6 Å². The molecule has 2 aromatic carbocycles. The minimum Gasteiger partial charge on any atom is -0.480 e. The van der Waals surface area contributed by atoms with E-state index in [0.29, 0.717) is 53.1 Å². The molecule has 1 aliphatic heterocycles. The van der Waals surface area contributed by atoms with Crippen molar-refractivity contribution in [2.24, 2.45) is 0 Å². The Bertz CT molecular complexity index is 1580. The molecule has 4 aromatic rings. The Morgan fingerprint density at radius 3 is 2.62 bits per heavy atom. The summed E-state index contributed by atoms with van der Waals surface area (Å²) >= 11 is 0. The summed E-state index contributed by atoms with van der Waals surface area (Å²) in [5.41, 5.74) is 3.46. The predicted octanol–water partition coefficient (Wildman–Crippen LogP) is 4.46. The van der Waals surface area contributed by atoms with Crippen molar-refractivity contribution in [2.45, 2.75) is 33.8 Å². The smallest absolute Gasteiger partial charge is 0.219 e. The Hall–Kier alpha value is -4.06. The summed E-state index contributed by atoms with van der Waals surface area (Å²) in [6.45, 7) is 8.00. The molecule has 1 saturated heterocycles. The van der Waals surface area contributed by atoms with E-state index in [1.165, 1.54) is 25.4 Å². The number of thiol groups is 1. The van der Waals surface area contributed by atoms with Crippen molar-refractivity contribution in [3.63, 3.8) is 0 Å². The highest BCUT2D eigenvalue weighted by Gasteiger charge is 2.25. The van der Waals surface area contributed by atoms with Gasteiger partial charge in [-0.15, -0.1) is 0 Å². The number of ether oxygens (including phenoxy) is 1. The zero-order chi connectivity index (χ0) is 27.7. The molecule has 1 fully saturated rings. The van der Waals surface area contributed by atoms with Crippen LogP contribution in [0.1, 0.15) is 37.0 Å². The van der Waals surface area contributed by atoms with Crippen molar-refractivity contribution in [1.29, 1.82) is 0 Å². The SMILES string of the molecule is CC(=O)N1CC[SH](=O)(Nc2cc(C)c3c(Nc4ccc(F)cc4O[C@H](C)c4cc(C)no4)ncnc3c2)CC1. The van der Waals surface area contributed by atoms with E-state index in [4.69, 9.17) is 9.26 Å². The molecule has 1 amide bonds. The number of amides is 1. The molecule has 0 unspecified atom stereocenters. The van der Waals surface area contributed by atoms with Gasteiger partial charge in [-0.2, -0.15) is 0 Å². The number of anilines is 3. The van der Waals surface area contributed by atoms with E-state index in [2.05, 4.69) is 25.2 Å². The number of hydrogen-bond donors (Lipinski definition) is 3. The molecule has 10 nitrogen and oxygen atoms in total. The molecule has 0 radical (unpaired) electrons. The fourth-order valence-corrected chi connectivity index (χ4v) is 6.82. The lowest BCUT2D eigenvalue weighted by molar-refractivity contribution is -0.128. The van der Waals surface area contributed by atoms with Gasteiger partial charge in [-0.05, 0) is 60.7 Å². The molecule has 12 heteroatoms. The van der Waals surface area contributed by atoms with E-state index >= 15 is 0 Å². The molecule has 206 valence electrons. The standard InChI is InChI=1S/C27H31FN6O4S/c1-16-11-21(33-39(36)9-7-34(8-10-39)19(4)35)14-23-26(16)27(30-15-29-23)31-22-6-5-20(28)13-25(22)37-18(3)24-12-17(2)32-38-24/h5-6,11-15,18,39H,7-10H2,1-4H3,(H,33,36)(H,29,30,31)/t18-/m1/s1. The Balaban J connectivity index is 1.40. The van der Waals surface area contributed by atoms with Crippen LogP contribution in [-0.2, 0) is 14.9 Å². The van der Waals surface area contributed by atoms with Gasteiger partial charge in [0.15, 0.2) is 11.9 Å². The Morgan fingerprint density at radius 1 is 1.15 bits per heavy atom. The lowest BCUT2D eigenvalue weighted by Crippen LogP contribution is -2.48. The van der Waals surface area contributed by atoms with Crippen molar-refractivity contribution in [3.8, 4) is 5.75 Å². The van der Waals surface area contributed by atoms with Crippen molar-refractivity contribution in [3.05, 3.63) is 65.6 Å². The third kappa shape index (κ3) is 5.85. The number of hydrogen-bond acceptors (Lipinski definition) is 8. The van der Waals surface area contributed by atoms with Crippen LogP contribution in [-0.4, -0.2) is 54.7 Å². The number of halogens is 1. The van der Waals surface area contributed by atoms with Gasteiger partial charge in [0.25, 0.3) is 0 Å². The predicted molar refractivity (Wildman–Crippen MR) is 149 cm³/mol. The highest BCUT2D eigenvalue weighted by atomic mass is 32.3. The topological polar surface area (TPSA) is 122 Å². The van der Waals surface area contributed by atoms with Crippen molar-refractivity contribution in [1.82, 2.24) is 20.0 Å². The number of nitrogens with one attached hydrogen (secondary N) is 2. The van der Waals surface area contributed by atoms with E-state index in [1.54, 1.807) is 24.0 Å². The lowest BCUT2D eigenvalue weighted by atomic mass is 10.1. The molecule has 0 bridgehead atoms. The summed E-state index contributed by atoms with van der Waals surface area (Å²) < 4.78 is 42.2. The number of carbonyl (C=O) groups is 1. The fraction of sp³-hybridized carbons (Fsp3) is 0.333. The van der Waals surface area contributed by atoms with Gasteiger partial charge in [0, 0.05) is 54.7 Å². The van der Waals surface area contributed by atoms with Gasteiger partial charge >= 0.3 is 0 Å². The molecule has 0 aliphatic carbocycles. The molecule has 2 N–H and O–H groups in total. The van der Waals surface area contributed by atoms with Gasteiger partial charge < -0.3 is 24.2 Å². The second-order valence-corrected chi connectivity index (χ2v) is 12.7. The minimum atomic E-state index is -2.69. The number of aromatic nitrogens is 3. The van der Waals surface area contributed by atoms with E-state index in [0.717, 1.165) is 16.6 Å². The number of fused-ring (bicyclic) bond motifs is 1. The number of rotatable bonds is 7. The van der Waals surface area contributed by atoms with Gasteiger partial charge in [0.05, 0.1) is 16.9 Å². The van der Waals surface area contributed by atoms with Crippen LogP contribution in [0.5, 0.6) is 5.75 Å². The third-order valence-electron chi connectivity index (χ3n) is 6.72. The Morgan fingerprint density at radius 2 is 1.92 bits per heavy atom. The van der Waals surface area contributed by atoms with Crippen LogP contribution in [0.25, 0.3) is 10.9 Å². The molecule has 1 aliphatic rings. The quantitative estimate of drug-likeness (QED) is 0.286. The lowest BCUT2D eigenvalue weighted by Gasteiger charge is -2.36. The summed E-state index contributed by atoms with van der Waals surface area (Å²) in [5.74, 6) is 1.72. The first kappa shape index (κ1) is 26.5. The average molecular weight is 555 g/mol. The molecular weight excluding hydrogens is 523 g/mol. The second kappa shape index (κ2) is 10.6. The largest absolute Gasteiger partial charge is 0.480 e. The van der Waals surface area contributed by atoms with Crippen molar-refractivity contribution < 1.29 is 22.7 Å². The van der Waals surface area contributed by atoms with E-state index in [1.807, 2.05) is 26.0 Å². The summed E-state index contributed by atoms with van der Waals surface area (Å²) in [6.07, 6.45) is 0.932. The number of carbonyl (C=O) groups excluding carboxylic acids is 1. The average Bonchev–Trinajstić information content (AvgIpc) is 3.32. The number of aryl methyl sites for hydroxylation is 2. The normalized spacial score (nSPS) is 16.5. The zero-order valence-electron chi connectivity index (χ0n) is 22.2. The van der Waals surface area contributed by atoms with Crippen LogP contribution in [0.2, 0.25) is 0 Å². The number of nitrogens with zero attached hydrogens (tertiary/aromatic N) is 4. The summed E-state index contributed by atoms with van der Waals surface area (Å²) in [4.78, 5) is 22.2. The van der Waals surface area contributed by atoms with Gasteiger partial charge in [0.2, 0.25) is 5.91 Å². The van der Waals surface area contributed by atoms with Crippen LogP contribution >= 0.6 is 0 Å². The van der Waals surface area contributed by atoms with Gasteiger partial charge in [-0.3, -0.25) is 9.00 Å². The molecule has 39 heavy (non-hydrogen) atoms. The first-order valence-corrected chi connectivity index (χ1v) is 14.7. The third-order valence-corrected chi connectivity index (χ3v) is 9.23. The number of benzene rings is 2. The molecular formula is C27H31FN6O4S. The molecule has 2 aromatic heterocycles. The summed E-state index contributed by atoms with van der Waals surface area (Å²) in [7, 11) is -2.69. The molecule has 0 spiro atoms. The highest BCUT2D eigenvalue weighted by molar-refractivity contribution is 8.04. The maximum absolute atomic E-state index is 14.2. The second-order valence-electron chi connectivity index (χ2n) is 9.76. The van der Waals surface area contributed by atoms with Crippen molar-refractivity contribution in [2.75, 3.05) is 34.6 Å². The maximum atomic E-state index is 14.2. The van der Waals surface area contributed by atoms with Crippen LogP contribution in [0.15, 0.2) is 47.2 Å². The first-order valence-electron chi connectivity index (χ1n) is 12.6. The zero-order valence-corrected chi connectivity index (χ0v) is 23.1. The van der Waals surface area contributed by atoms with Crippen molar-refractivity contribution >= 4 is 44.1 Å². The highest BCUT2D eigenvalue weighted by Crippen LogP contribution is 2.35.